The molecule has 3 nitrogen and oxygen atoms in total. The van der Waals surface area contributed by atoms with Crippen LogP contribution in [-0.2, 0) is 0 Å². The maximum Gasteiger partial charge on any atom is 0.144 e. The molecule has 1 aromatic carbocycles. The van der Waals surface area contributed by atoms with E-state index in [1.54, 1.807) is 0 Å². The number of ether oxygens (including phenoxy) is 1. The third-order valence-corrected chi connectivity index (χ3v) is 3.70. The summed E-state index contributed by atoms with van der Waals surface area (Å²) in [4.78, 5) is 0. The van der Waals surface area contributed by atoms with E-state index in [9.17, 15) is 0 Å². The van der Waals surface area contributed by atoms with E-state index < -0.39 is 0 Å². The van der Waals surface area contributed by atoms with Gasteiger partial charge in [0.1, 0.15) is 5.75 Å². The Balaban J connectivity index is 1.98. The van der Waals surface area contributed by atoms with Gasteiger partial charge in [-0.05, 0) is 50.7 Å². The Morgan fingerprint density at radius 1 is 1.28 bits per heavy atom. The Bertz CT molecular complexity index is 384. The Kier molecular flexibility index (Phi) is 4.34. The summed E-state index contributed by atoms with van der Waals surface area (Å²) >= 11 is 0. The van der Waals surface area contributed by atoms with E-state index in [1.807, 2.05) is 25.1 Å². The van der Waals surface area contributed by atoms with Crippen molar-refractivity contribution in [2.75, 3.05) is 17.7 Å². The fourth-order valence-corrected chi connectivity index (χ4v) is 2.54. The Hall–Kier alpha value is -1.38. The van der Waals surface area contributed by atoms with Crippen LogP contribution in [0.25, 0.3) is 0 Å². The molecule has 0 bridgehead atoms. The number of nitrogen functional groups attached to an aromatic ring is 1. The number of benzene rings is 1. The van der Waals surface area contributed by atoms with Crippen molar-refractivity contribution in [2.24, 2.45) is 5.92 Å². The molecule has 0 saturated heterocycles. The summed E-state index contributed by atoms with van der Waals surface area (Å²) in [7, 11) is 0. The van der Waals surface area contributed by atoms with Gasteiger partial charge in [-0.3, -0.25) is 0 Å². The lowest BCUT2D eigenvalue weighted by molar-refractivity contribution is 0.342. The lowest BCUT2D eigenvalue weighted by Gasteiger charge is -2.28. The minimum absolute atomic E-state index is 0.597. The van der Waals surface area contributed by atoms with Gasteiger partial charge in [0, 0.05) is 17.8 Å². The molecule has 0 heterocycles. The highest BCUT2D eigenvalue weighted by atomic mass is 16.5. The summed E-state index contributed by atoms with van der Waals surface area (Å²) in [6.07, 6.45) is 5.17. The minimum Gasteiger partial charge on any atom is -0.492 e. The summed E-state index contributed by atoms with van der Waals surface area (Å²) in [6.45, 7) is 4.96. The van der Waals surface area contributed by atoms with Crippen LogP contribution in [0.1, 0.15) is 39.5 Å². The van der Waals surface area contributed by atoms with Crippen molar-refractivity contribution in [3.8, 4) is 5.75 Å². The normalized spacial score (nSPS) is 23.7. The molecule has 1 aliphatic carbocycles. The molecule has 1 saturated carbocycles. The van der Waals surface area contributed by atoms with Crippen molar-refractivity contribution in [3.05, 3.63) is 18.2 Å². The number of hydrogen-bond donors (Lipinski definition) is 2. The molecule has 0 aromatic heterocycles. The molecule has 0 spiro atoms. The van der Waals surface area contributed by atoms with Crippen molar-refractivity contribution in [1.82, 2.24) is 0 Å². The zero-order chi connectivity index (χ0) is 13.0. The molecule has 1 fully saturated rings. The molecule has 1 aliphatic rings. The van der Waals surface area contributed by atoms with Gasteiger partial charge in [0.05, 0.1) is 12.3 Å². The maximum atomic E-state index is 5.87. The molecule has 0 aliphatic heterocycles. The molecule has 3 N–H and O–H groups in total. The fraction of sp³-hybridized carbons (Fsp3) is 0.600. The number of anilines is 2. The van der Waals surface area contributed by atoms with E-state index >= 15 is 0 Å². The van der Waals surface area contributed by atoms with Gasteiger partial charge >= 0.3 is 0 Å². The van der Waals surface area contributed by atoms with E-state index in [2.05, 4.69) is 12.2 Å². The van der Waals surface area contributed by atoms with E-state index in [1.165, 1.54) is 25.7 Å². The SMILES string of the molecule is CCOc1cc(NC2CCC(C)CC2)ccc1N. The first kappa shape index (κ1) is 13.1. The highest BCUT2D eigenvalue weighted by Crippen LogP contribution is 2.29. The predicted octanol–water partition coefficient (Wildman–Crippen LogP) is 3.66. The molecular weight excluding hydrogens is 224 g/mol. The molecule has 0 radical (unpaired) electrons. The quantitative estimate of drug-likeness (QED) is 0.799. The van der Waals surface area contributed by atoms with Crippen LogP contribution < -0.4 is 15.8 Å². The number of rotatable bonds is 4. The van der Waals surface area contributed by atoms with Crippen molar-refractivity contribution < 1.29 is 4.74 Å². The molecule has 2 rings (SSSR count). The predicted molar refractivity (Wildman–Crippen MR) is 77.1 cm³/mol. The second-order valence-corrected chi connectivity index (χ2v) is 5.29. The first-order valence-corrected chi connectivity index (χ1v) is 6.98. The minimum atomic E-state index is 0.597. The van der Waals surface area contributed by atoms with Crippen molar-refractivity contribution in [2.45, 2.75) is 45.6 Å². The lowest BCUT2D eigenvalue weighted by atomic mass is 9.87. The van der Waals surface area contributed by atoms with Crippen LogP contribution in [0.15, 0.2) is 18.2 Å². The maximum absolute atomic E-state index is 5.87. The Labute approximate surface area is 110 Å². The summed E-state index contributed by atoms with van der Waals surface area (Å²) in [5, 5.41) is 3.59. The molecule has 0 atom stereocenters. The van der Waals surface area contributed by atoms with Crippen LogP contribution in [-0.4, -0.2) is 12.6 Å². The standard InChI is InChI=1S/C15H24N2O/c1-3-18-15-10-13(8-9-14(15)16)17-12-6-4-11(2)5-7-12/h8-12,17H,3-7,16H2,1-2H3. The average molecular weight is 248 g/mol. The van der Waals surface area contributed by atoms with Crippen LogP contribution in [0.2, 0.25) is 0 Å². The smallest absolute Gasteiger partial charge is 0.144 e. The van der Waals surface area contributed by atoms with Gasteiger partial charge < -0.3 is 15.8 Å². The molecule has 0 amide bonds. The first-order valence-electron chi connectivity index (χ1n) is 6.98. The third kappa shape index (κ3) is 3.31. The molecule has 18 heavy (non-hydrogen) atoms. The average Bonchev–Trinajstić information content (AvgIpc) is 2.37. The molecular formula is C15H24N2O. The highest BCUT2D eigenvalue weighted by molar-refractivity contribution is 5.61. The number of hydrogen-bond acceptors (Lipinski definition) is 3. The van der Waals surface area contributed by atoms with Gasteiger partial charge in [0.15, 0.2) is 0 Å². The van der Waals surface area contributed by atoms with Gasteiger partial charge in [-0.15, -0.1) is 0 Å². The van der Waals surface area contributed by atoms with Gasteiger partial charge in [-0.25, -0.2) is 0 Å². The highest BCUT2D eigenvalue weighted by Gasteiger charge is 2.18. The monoisotopic (exact) mass is 248 g/mol. The largest absolute Gasteiger partial charge is 0.492 e. The summed E-state index contributed by atoms with van der Waals surface area (Å²) in [5.41, 5.74) is 7.70. The van der Waals surface area contributed by atoms with Crippen LogP contribution in [0.4, 0.5) is 11.4 Å². The number of nitrogens with two attached hydrogens (primary N) is 1. The molecule has 100 valence electrons. The van der Waals surface area contributed by atoms with Crippen molar-refractivity contribution in [3.63, 3.8) is 0 Å². The molecule has 3 heteroatoms. The van der Waals surface area contributed by atoms with Gasteiger partial charge in [0.2, 0.25) is 0 Å². The van der Waals surface area contributed by atoms with Crippen LogP contribution in [0, 0.1) is 5.92 Å². The van der Waals surface area contributed by atoms with Crippen LogP contribution in [0.3, 0.4) is 0 Å². The number of nitrogens with one attached hydrogen (secondary N) is 1. The summed E-state index contributed by atoms with van der Waals surface area (Å²) < 4.78 is 5.52. The topological polar surface area (TPSA) is 47.3 Å². The summed E-state index contributed by atoms with van der Waals surface area (Å²) in [5.74, 6) is 1.67. The van der Waals surface area contributed by atoms with Crippen molar-refractivity contribution in [1.29, 1.82) is 0 Å². The van der Waals surface area contributed by atoms with Gasteiger partial charge in [-0.1, -0.05) is 6.92 Å². The fourth-order valence-electron chi connectivity index (χ4n) is 2.54. The second-order valence-electron chi connectivity index (χ2n) is 5.29. The molecule has 1 aromatic rings. The Morgan fingerprint density at radius 3 is 2.67 bits per heavy atom. The van der Waals surface area contributed by atoms with Gasteiger partial charge in [0.25, 0.3) is 0 Å². The second kappa shape index (κ2) is 5.98. The first-order chi connectivity index (χ1) is 8.69. The van der Waals surface area contributed by atoms with E-state index in [4.69, 9.17) is 10.5 Å². The van der Waals surface area contributed by atoms with Crippen LogP contribution >= 0.6 is 0 Å². The van der Waals surface area contributed by atoms with E-state index in [0.717, 1.165) is 17.4 Å². The Morgan fingerprint density at radius 2 is 2.00 bits per heavy atom. The third-order valence-electron chi connectivity index (χ3n) is 3.70. The zero-order valence-corrected chi connectivity index (χ0v) is 11.4. The van der Waals surface area contributed by atoms with Crippen molar-refractivity contribution >= 4 is 11.4 Å². The summed E-state index contributed by atoms with van der Waals surface area (Å²) in [6, 6.07) is 6.56. The zero-order valence-electron chi connectivity index (χ0n) is 11.4. The van der Waals surface area contributed by atoms with E-state index in [0.29, 0.717) is 18.3 Å². The van der Waals surface area contributed by atoms with Crippen LogP contribution in [0.5, 0.6) is 5.75 Å². The van der Waals surface area contributed by atoms with Gasteiger partial charge in [-0.2, -0.15) is 0 Å². The molecule has 0 unspecified atom stereocenters. The lowest BCUT2D eigenvalue weighted by Crippen LogP contribution is -2.25. The van der Waals surface area contributed by atoms with E-state index in [-0.39, 0.29) is 0 Å².